The first-order valence-corrected chi connectivity index (χ1v) is 12.9. The molecule has 0 aliphatic carbocycles. The zero-order valence-corrected chi connectivity index (χ0v) is 22.6. The van der Waals surface area contributed by atoms with E-state index in [0.29, 0.717) is 21.6 Å². The molecule has 0 aliphatic rings. The molecule has 0 bridgehead atoms. The molecule has 0 saturated carbocycles. The second-order valence-corrected chi connectivity index (χ2v) is 10.2. The standard InChI is InChI=1S/C25H18Cl2N6O2S2/c1-13-19(23-32-33-14(2)30-31-25(33)37-23)4-3-5-20(13)28-24(36)29-22(34)9-7-18-6-8-21(35-18)15-10-16(26)12-17(27)11-15/h3-12H,1-2H3,(H2,28,29,34,36)/b9-7+. The summed E-state index contributed by atoms with van der Waals surface area (Å²) in [5, 5.41) is 20.5. The average Bonchev–Trinajstić information content (AvgIpc) is 3.56. The summed E-state index contributed by atoms with van der Waals surface area (Å²) >= 11 is 18.9. The summed E-state index contributed by atoms with van der Waals surface area (Å²) in [7, 11) is 0. The van der Waals surface area contributed by atoms with Gasteiger partial charge in [-0.25, -0.2) is 0 Å². The number of nitrogens with one attached hydrogen (secondary N) is 2. The molecule has 0 radical (unpaired) electrons. The van der Waals surface area contributed by atoms with Crippen molar-refractivity contribution < 1.29 is 9.21 Å². The number of thiocarbonyl (C=S) groups is 1. The molecular formula is C25H18Cl2N6O2S2. The van der Waals surface area contributed by atoms with Crippen LogP contribution in [0.25, 0.3) is 32.9 Å². The molecule has 2 aromatic carbocycles. The van der Waals surface area contributed by atoms with Crippen LogP contribution in [0.5, 0.6) is 0 Å². The number of fused-ring (bicyclic) bond motifs is 1. The van der Waals surface area contributed by atoms with E-state index in [1.807, 2.05) is 32.0 Å². The Morgan fingerprint density at radius 3 is 2.65 bits per heavy atom. The Hall–Kier alpha value is -3.57. The zero-order chi connectivity index (χ0) is 26.1. The van der Waals surface area contributed by atoms with Gasteiger partial charge in [0, 0.05) is 32.9 Å². The van der Waals surface area contributed by atoms with E-state index < -0.39 is 5.91 Å². The lowest BCUT2D eigenvalue weighted by atomic mass is 10.1. The Balaban J connectivity index is 1.23. The average molecular weight is 569 g/mol. The van der Waals surface area contributed by atoms with Crippen molar-refractivity contribution in [3.63, 3.8) is 0 Å². The van der Waals surface area contributed by atoms with Crippen LogP contribution in [0.2, 0.25) is 10.0 Å². The number of hydrogen-bond donors (Lipinski definition) is 2. The van der Waals surface area contributed by atoms with E-state index in [1.54, 1.807) is 40.9 Å². The fourth-order valence-electron chi connectivity index (χ4n) is 3.58. The Morgan fingerprint density at radius 2 is 1.89 bits per heavy atom. The molecule has 0 saturated heterocycles. The SMILES string of the molecule is Cc1c(NC(=S)NC(=O)/C=C/c2ccc(-c3cc(Cl)cc(Cl)c3)o2)cccc1-c1nn2c(C)nnc2s1. The lowest BCUT2D eigenvalue weighted by Gasteiger charge is -2.13. The Kier molecular flexibility index (Phi) is 7.07. The van der Waals surface area contributed by atoms with Gasteiger partial charge in [-0.15, -0.1) is 10.2 Å². The predicted molar refractivity (Wildman–Crippen MR) is 151 cm³/mol. The van der Waals surface area contributed by atoms with Crippen LogP contribution < -0.4 is 10.6 Å². The highest BCUT2D eigenvalue weighted by Gasteiger charge is 2.15. The number of hydrogen-bond acceptors (Lipinski definition) is 7. The van der Waals surface area contributed by atoms with Crippen molar-refractivity contribution in [2.45, 2.75) is 13.8 Å². The second kappa shape index (κ2) is 10.4. The van der Waals surface area contributed by atoms with Crippen LogP contribution in [-0.4, -0.2) is 30.8 Å². The van der Waals surface area contributed by atoms with E-state index in [2.05, 4.69) is 25.9 Å². The van der Waals surface area contributed by atoms with Gasteiger partial charge in [0.25, 0.3) is 0 Å². The highest BCUT2D eigenvalue weighted by atomic mass is 35.5. The Bertz CT molecular complexity index is 1670. The van der Waals surface area contributed by atoms with Crippen LogP contribution in [0.4, 0.5) is 5.69 Å². The summed E-state index contributed by atoms with van der Waals surface area (Å²) in [4.78, 5) is 13.2. The first kappa shape index (κ1) is 25.1. The van der Waals surface area contributed by atoms with Crippen molar-refractivity contribution in [1.82, 2.24) is 25.1 Å². The van der Waals surface area contributed by atoms with E-state index >= 15 is 0 Å². The lowest BCUT2D eigenvalue weighted by molar-refractivity contribution is -0.115. The van der Waals surface area contributed by atoms with Gasteiger partial charge in [-0.05, 0) is 74.1 Å². The van der Waals surface area contributed by atoms with Crippen molar-refractivity contribution in [1.29, 1.82) is 0 Å². The summed E-state index contributed by atoms with van der Waals surface area (Å²) < 4.78 is 7.49. The van der Waals surface area contributed by atoms with Gasteiger partial charge in [0.15, 0.2) is 10.9 Å². The van der Waals surface area contributed by atoms with Crippen molar-refractivity contribution >= 4 is 74.5 Å². The number of rotatable bonds is 5. The minimum absolute atomic E-state index is 0.164. The quantitative estimate of drug-likeness (QED) is 0.183. The van der Waals surface area contributed by atoms with Gasteiger partial charge in [-0.3, -0.25) is 10.1 Å². The summed E-state index contributed by atoms with van der Waals surface area (Å²) in [6.45, 7) is 3.81. The number of halogens is 2. The number of aryl methyl sites for hydroxylation is 1. The molecule has 37 heavy (non-hydrogen) atoms. The third-order valence-corrected chi connectivity index (χ3v) is 6.94. The molecule has 0 fully saturated rings. The number of nitrogens with zero attached hydrogens (tertiary/aromatic N) is 4. The van der Waals surface area contributed by atoms with Gasteiger partial charge in [0.05, 0.1) is 0 Å². The van der Waals surface area contributed by atoms with Gasteiger partial charge in [-0.1, -0.05) is 46.7 Å². The minimum atomic E-state index is -0.404. The maximum absolute atomic E-state index is 12.4. The van der Waals surface area contributed by atoms with Crippen LogP contribution in [-0.2, 0) is 4.79 Å². The molecule has 0 aliphatic heterocycles. The van der Waals surface area contributed by atoms with Crippen LogP contribution in [0, 0.1) is 13.8 Å². The van der Waals surface area contributed by atoms with Crippen molar-refractivity contribution in [2.24, 2.45) is 0 Å². The van der Waals surface area contributed by atoms with Gasteiger partial charge in [0.1, 0.15) is 16.5 Å². The van der Waals surface area contributed by atoms with E-state index in [9.17, 15) is 4.79 Å². The fraction of sp³-hybridized carbons (Fsp3) is 0.0800. The number of carbonyl (C=O) groups is 1. The highest BCUT2D eigenvalue weighted by Crippen LogP contribution is 2.32. The molecule has 0 atom stereocenters. The highest BCUT2D eigenvalue weighted by molar-refractivity contribution is 7.80. The molecule has 3 aromatic heterocycles. The molecule has 3 heterocycles. The smallest absolute Gasteiger partial charge is 0.250 e. The van der Waals surface area contributed by atoms with E-state index in [-0.39, 0.29) is 5.11 Å². The molecule has 1 amide bonds. The molecule has 12 heteroatoms. The van der Waals surface area contributed by atoms with E-state index in [1.165, 1.54) is 17.4 Å². The summed E-state index contributed by atoms with van der Waals surface area (Å²) in [6, 6.07) is 14.4. The zero-order valence-electron chi connectivity index (χ0n) is 19.5. The number of amides is 1. The van der Waals surface area contributed by atoms with Crippen molar-refractivity contribution in [2.75, 3.05) is 5.32 Å². The van der Waals surface area contributed by atoms with Gasteiger partial charge >= 0.3 is 0 Å². The number of furan rings is 1. The van der Waals surface area contributed by atoms with Gasteiger partial charge < -0.3 is 9.73 Å². The Morgan fingerprint density at radius 1 is 1.11 bits per heavy atom. The maximum atomic E-state index is 12.4. The predicted octanol–water partition coefficient (Wildman–Crippen LogP) is 6.56. The number of carbonyl (C=O) groups excluding carboxylic acids is 1. The fourth-order valence-corrected chi connectivity index (χ4v) is 5.29. The van der Waals surface area contributed by atoms with Gasteiger partial charge in [-0.2, -0.15) is 9.61 Å². The first-order chi connectivity index (χ1) is 17.8. The van der Waals surface area contributed by atoms with Crippen LogP contribution in [0.1, 0.15) is 17.1 Å². The molecule has 5 rings (SSSR count). The molecule has 186 valence electrons. The number of anilines is 1. The van der Waals surface area contributed by atoms with Crippen LogP contribution in [0.15, 0.2) is 59.0 Å². The third kappa shape index (κ3) is 5.57. The van der Waals surface area contributed by atoms with Gasteiger partial charge in [0.2, 0.25) is 10.9 Å². The second-order valence-electron chi connectivity index (χ2n) is 7.96. The Labute approximate surface area is 230 Å². The normalized spacial score (nSPS) is 11.4. The van der Waals surface area contributed by atoms with E-state index in [0.717, 1.165) is 38.2 Å². The first-order valence-electron chi connectivity index (χ1n) is 10.9. The van der Waals surface area contributed by atoms with E-state index in [4.69, 9.17) is 39.8 Å². The monoisotopic (exact) mass is 568 g/mol. The summed E-state index contributed by atoms with van der Waals surface area (Å²) in [5.74, 6) is 1.39. The molecule has 5 aromatic rings. The molecule has 8 nitrogen and oxygen atoms in total. The molecule has 0 spiro atoms. The van der Waals surface area contributed by atoms with Crippen LogP contribution >= 0.6 is 46.8 Å². The molecule has 2 N–H and O–H groups in total. The summed E-state index contributed by atoms with van der Waals surface area (Å²) in [6.07, 6.45) is 2.89. The van der Waals surface area contributed by atoms with Crippen LogP contribution in [0.3, 0.4) is 0 Å². The van der Waals surface area contributed by atoms with Crippen molar-refractivity contribution in [3.8, 4) is 21.9 Å². The topological polar surface area (TPSA) is 97.3 Å². The number of aromatic nitrogens is 4. The lowest BCUT2D eigenvalue weighted by Crippen LogP contribution is -2.33. The van der Waals surface area contributed by atoms with Crippen molar-refractivity contribution in [3.05, 3.63) is 81.8 Å². The third-order valence-electron chi connectivity index (χ3n) is 5.37. The summed E-state index contributed by atoms with van der Waals surface area (Å²) in [5.41, 5.74) is 3.36. The number of benzene rings is 2. The maximum Gasteiger partial charge on any atom is 0.250 e. The minimum Gasteiger partial charge on any atom is -0.457 e. The largest absolute Gasteiger partial charge is 0.457 e. The molecule has 0 unspecified atom stereocenters. The molecular weight excluding hydrogens is 551 g/mol.